The Morgan fingerprint density at radius 1 is 0.900 bits per heavy atom. The fourth-order valence-electron chi connectivity index (χ4n) is 2.14. The fraction of sp³-hybridized carbons (Fsp3) is 0.118. The maximum absolute atomic E-state index is 5.76. The molecule has 0 spiro atoms. The van der Waals surface area contributed by atoms with Crippen LogP contribution in [0.15, 0.2) is 71.4 Å². The van der Waals surface area contributed by atoms with Gasteiger partial charge in [0.2, 0.25) is 0 Å². The highest BCUT2D eigenvalue weighted by atomic mass is 16.5. The van der Waals surface area contributed by atoms with E-state index in [1.54, 1.807) is 13.3 Å². The first-order chi connectivity index (χ1) is 9.86. The SMILES string of the molecule is COC1=CC=NC1c1ccc(Oc2ccccc2)cc1. The second-order valence-electron chi connectivity index (χ2n) is 4.46. The standard InChI is InChI=1S/C17H15NO2/c1-19-16-11-12-18-17(16)13-7-9-15(10-8-13)20-14-5-3-2-4-6-14/h2-12,17H,1H3. The molecule has 1 atom stereocenters. The van der Waals surface area contributed by atoms with Gasteiger partial charge in [0.15, 0.2) is 0 Å². The normalized spacial score (nSPS) is 16.9. The minimum atomic E-state index is -0.0363. The van der Waals surface area contributed by atoms with Crippen molar-refractivity contribution in [2.24, 2.45) is 4.99 Å². The zero-order valence-electron chi connectivity index (χ0n) is 11.2. The summed E-state index contributed by atoms with van der Waals surface area (Å²) in [5.41, 5.74) is 1.09. The van der Waals surface area contributed by atoms with Crippen LogP contribution in [0.4, 0.5) is 0 Å². The van der Waals surface area contributed by atoms with Gasteiger partial charge in [0, 0.05) is 6.21 Å². The minimum Gasteiger partial charge on any atom is -0.498 e. The van der Waals surface area contributed by atoms with Gasteiger partial charge in [0.25, 0.3) is 0 Å². The van der Waals surface area contributed by atoms with Crippen molar-refractivity contribution >= 4 is 6.21 Å². The number of hydrogen-bond acceptors (Lipinski definition) is 3. The Morgan fingerprint density at radius 3 is 2.30 bits per heavy atom. The molecule has 2 aromatic carbocycles. The third kappa shape index (κ3) is 2.57. The molecular formula is C17H15NO2. The maximum atomic E-state index is 5.76. The van der Waals surface area contributed by atoms with E-state index in [1.165, 1.54) is 0 Å². The van der Waals surface area contributed by atoms with Gasteiger partial charge in [-0.25, -0.2) is 0 Å². The van der Waals surface area contributed by atoms with Gasteiger partial charge in [-0.3, -0.25) is 4.99 Å². The van der Waals surface area contributed by atoms with Gasteiger partial charge in [-0.1, -0.05) is 30.3 Å². The number of hydrogen-bond donors (Lipinski definition) is 0. The smallest absolute Gasteiger partial charge is 0.132 e. The van der Waals surface area contributed by atoms with Crippen LogP contribution in [0.2, 0.25) is 0 Å². The first kappa shape index (κ1) is 12.5. The van der Waals surface area contributed by atoms with E-state index < -0.39 is 0 Å². The molecule has 0 N–H and O–H groups in total. The average molecular weight is 265 g/mol. The Balaban J connectivity index is 1.75. The highest BCUT2D eigenvalue weighted by molar-refractivity contribution is 5.75. The molecular weight excluding hydrogens is 250 g/mol. The van der Waals surface area contributed by atoms with Gasteiger partial charge in [-0.05, 0) is 35.9 Å². The minimum absolute atomic E-state index is 0.0363. The summed E-state index contributed by atoms with van der Waals surface area (Å²) in [6.45, 7) is 0. The van der Waals surface area contributed by atoms with E-state index in [1.807, 2.05) is 60.7 Å². The van der Waals surface area contributed by atoms with Gasteiger partial charge in [-0.15, -0.1) is 0 Å². The lowest BCUT2D eigenvalue weighted by Gasteiger charge is -2.13. The first-order valence-electron chi connectivity index (χ1n) is 6.47. The van der Waals surface area contributed by atoms with Crippen LogP contribution in [0.1, 0.15) is 11.6 Å². The van der Waals surface area contributed by atoms with Crippen molar-refractivity contribution in [2.75, 3.05) is 7.11 Å². The number of aliphatic imine (C=N–C) groups is 1. The molecule has 100 valence electrons. The van der Waals surface area contributed by atoms with Crippen LogP contribution >= 0.6 is 0 Å². The molecule has 2 aromatic rings. The molecule has 0 saturated heterocycles. The van der Waals surface area contributed by atoms with E-state index in [0.717, 1.165) is 22.8 Å². The van der Waals surface area contributed by atoms with Crippen molar-refractivity contribution in [3.05, 3.63) is 72.0 Å². The molecule has 1 aliphatic rings. The zero-order valence-corrected chi connectivity index (χ0v) is 11.2. The number of methoxy groups -OCH3 is 1. The number of ether oxygens (including phenoxy) is 2. The summed E-state index contributed by atoms with van der Waals surface area (Å²) in [5.74, 6) is 2.50. The number of benzene rings is 2. The van der Waals surface area contributed by atoms with E-state index in [0.29, 0.717) is 0 Å². The first-order valence-corrected chi connectivity index (χ1v) is 6.47. The predicted molar refractivity (Wildman–Crippen MR) is 79.3 cm³/mol. The van der Waals surface area contributed by atoms with Gasteiger partial charge in [-0.2, -0.15) is 0 Å². The van der Waals surface area contributed by atoms with Crippen LogP contribution in [-0.4, -0.2) is 13.3 Å². The van der Waals surface area contributed by atoms with Gasteiger partial charge in [0.1, 0.15) is 23.3 Å². The van der Waals surface area contributed by atoms with Crippen LogP contribution in [-0.2, 0) is 4.74 Å². The second kappa shape index (κ2) is 5.61. The van der Waals surface area contributed by atoms with Crippen LogP contribution < -0.4 is 4.74 Å². The highest BCUT2D eigenvalue weighted by Crippen LogP contribution is 2.31. The van der Waals surface area contributed by atoms with Gasteiger partial charge in [0.05, 0.1) is 7.11 Å². The summed E-state index contributed by atoms with van der Waals surface area (Å²) in [6, 6.07) is 17.6. The molecule has 20 heavy (non-hydrogen) atoms. The predicted octanol–water partition coefficient (Wildman–Crippen LogP) is 4.13. The molecule has 0 fully saturated rings. The quantitative estimate of drug-likeness (QED) is 0.832. The van der Waals surface area contributed by atoms with E-state index in [2.05, 4.69) is 4.99 Å². The number of para-hydroxylation sites is 1. The van der Waals surface area contributed by atoms with Crippen molar-refractivity contribution < 1.29 is 9.47 Å². The summed E-state index contributed by atoms with van der Waals surface area (Å²) in [7, 11) is 1.67. The molecule has 0 bridgehead atoms. The number of nitrogens with zero attached hydrogens (tertiary/aromatic N) is 1. The molecule has 1 heterocycles. The van der Waals surface area contributed by atoms with Crippen molar-refractivity contribution in [3.63, 3.8) is 0 Å². The van der Waals surface area contributed by atoms with Crippen LogP contribution in [0.3, 0.4) is 0 Å². The fourth-order valence-corrected chi connectivity index (χ4v) is 2.14. The topological polar surface area (TPSA) is 30.8 Å². The Kier molecular flexibility index (Phi) is 3.50. The Hall–Kier alpha value is -2.55. The van der Waals surface area contributed by atoms with E-state index in [4.69, 9.17) is 9.47 Å². The lowest BCUT2D eigenvalue weighted by Crippen LogP contribution is -1.98. The van der Waals surface area contributed by atoms with E-state index in [-0.39, 0.29) is 6.04 Å². The third-order valence-corrected chi connectivity index (χ3v) is 3.15. The molecule has 0 saturated carbocycles. The molecule has 1 aliphatic heterocycles. The largest absolute Gasteiger partial charge is 0.498 e. The van der Waals surface area contributed by atoms with Crippen molar-refractivity contribution in [3.8, 4) is 11.5 Å². The molecule has 3 heteroatoms. The summed E-state index contributed by atoms with van der Waals surface area (Å²) >= 11 is 0. The summed E-state index contributed by atoms with van der Waals surface area (Å²) in [4.78, 5) is 4.39. The van der Waals surface area contributed by atoms with Crippen molar-refractivity contribution in [1.82, 2.24) is 0 Å². The van der Waals surface area contributed by atoms with Crippen molar-refractivity contribution in [1.29, 1.82) is 0 Å². The van der Waals surface area contributed by atoms with Crippen LogP contribution in [0.25, 0.3) is 0 Å². The number of rotatable bonds is 4. The van der Waals surface area contributed by atoms with Gasteiger partial charge < -0.3 is 9.47 Å². The summed E-state index contributed by atoms with van der Waals surface area (Å²) in [5, 5.41) is 0. The monoisotopic (exact) mass is 265 g/mol. The molecule has 0 aliphatic carbocycles. The lowest BCUT2D eigenvalue weighted by atomic mass is 10.1. The lowest BCUT2D eigenvalue weighted by molar-refractivity contribution is 0.269. The molecule has 1 unspecified atom stereocenters. The summed E-state index contributed by atoms with van der Waals surface area (Å²) in [6.07, 6.45) is 3.66. The molecule has 3 nitrogen and oxygen atoms in total. The Morgan fingerprint density at radius 2 is 1.60 bits per heavy atom. The van der Waals surface area contributed by atoms with Crippen LogP contribution in [0.5, 0.6) is 11.5 Å². The summed E-state index contributed by atoms with van der Waals surface area (Å²) < 4.78 is 11.1. The number of allylic oxidation sites excluding steroid dienone is 1. The molecule has 0 amide bonds. The zero-order chi connectivity index (χ0) is 13.8. The molecule has 0 aromatic heterocycles. The average Bonchev–Trinajstić information content (AvgIpc) is 2.98. The Bertz CT molecular complexity index is 630. The van der Waals surface area contributed by atoms with E-state index in [9.17, 15) is 0 Å². The molecule has 3 rings (SSSR count). The highest BCUT2D eigenvalue weighted by Gasteiger charge is 2.18. The van der Waals surface area contributed by atoms with Crippen molar-refractivity contribution in [2.45, 2.75) is 6.04 Å². The molecule has 0 radical (unpaired) electrons. The third-order valence-electron chi connectivity index (χ3n) is 3.15. The maximum Gasteiger partial charge on any atom is 0.132 e. The van der Waals surface area contributed by atoms with Gasteiger partial charge >= 0.3 is 0 Å². The second-order valence-corrected chi connectivity index (χ2v) is 4.46. The van der Waals surface area contributed by atoms with E-state index >= 15 is 0 Å². The Labute approximate surface area is 118 Å². The van der Waals surface area contributed by atoms with Crippen LogP contribution in [0, 0.1) is 0 Å².